The van der Waals surface area contributed by atoms with E-state index in [0.717, 1.165) is 17.1 Å². The van der Waals surface area contributed by atoms with Crippen LogP contribution in [0.2, 0.25) is 5.02 Å². The molecule has 0 fully saturated rings. The first kappa shape index (κ1) is 15.4. The highest BCUT2D eigenvalue weighted by molar-refractivity contribution is 6.31. The normalized spacial score (nSPS) is 10.6. The number of hydrogen-bond acceptors (Lipinski definition) is 5. The Bertz CT molecular complexity index is 631. The number of benzene rings is 1. The maximum Gasteiger partial charge on any atom is 0.229 e. The van der Waals surface area contributed by atoms with E-state index in [1.165, 1.54) is 0 Å². The van der Waals surface area contributed by atoms with E-state index in [4.69, 9.17) is 16.3 Å². The Hall–Kier alpha value is -2.01. The van der Waals surface area contributed by atoms with E-state index < -0.39 is 0 Å². The molecule has 1 aromatic carbocycles. The summed E-state index contributed by atoms with van der Waals surface area (Å²) in [4.78, 5) is 8.63. The number of anilines is 3. The van der Waals surface area contributed by atoms with Crippen LogP contribution in [0.25, 0.3) is 0 Å². The molecular weight excluding hydrogens is 288 g/mol. The molecule has 2 aromatic rings. The van der Waals surface area contributed by atoms with Gasteiger partial charge in [-0.1, -0.05) is 11.6 Å². The number of ether oxygens (including phenoxy) is 1. The molecule has 0 bridgehead atoms. The van der Waals surface area contributed by atoms with E-state index in [-0.39, 0.29) is 0 Å². The second-order valence-corrected chi connectivity index (χ2v) is 5.40. The van der Waals surface area contributed by atoms with Crippen LogP contribution in [0.5, 0.6) is 5.75 Å². The molecule has 0 aliphatic heterocycles. The van der Waals surface area contributed by atoms with Crippen LogP contribution < -0.4 is 15.4 Å². The highest BCUT2D eigenvalue weighted by Gasteiger charge is 2.09. The van der Waals surface area contributed by atoms with E-state index in [0.29, 0.717) is 22.8 Å². The van der Waals surface area contributed by atoms with E-state index in [1.54, 1.807) is 19.4 Å². The van der Waals surface area contributed by atoms with Crippen LogP contribution in [0.3, 0.4) is 0 Å². The molecule has 21 heavy (non-hydrogen) atoms. The van der Waals surface area contributed by atoms with Crippen molar-refractivity contribution >= 4 is 29.1 Å². The molecule has 1 heterocycles. The third kappa shape index (κ3) is 3.98. The van der Waals surface area contributed by atoms with Gasteiger partial charge >= 0.3 is 0 Å². The van der Waals surface area contributed by atoms with Crippen LogP contribution in [-0.4, -0.2) is 23.1 Å². The Morgan fingerprint density at radius 3 is 2.71 bits per heavy atom. The molecule has 2 rings (SSSR count). The lowest BCUT2D eigenvalue weighted by atomic mass is 10.2. The van der Waals surface area contributed by atoms with E-state index >= 15 is 0 Å². The van der Waals surface area contributed by atoms with E-state index in [9.17, 15) is 0 Å². The van der Waals surface area contributed by atoms with Crippen molar-refractivity contribution in [3.05, 3.63) is 35.0 Å². The average Bonchev–Trinajstić information content (AvgIpc) is 2.42. The fourth-order valence-electron chi connectivity index (χ4n) is 1.85. The quantitative estimate of drug-likeness (QED) is 0.874. The zero-order valence-corrected chi connectivity index (χ0v) is 13.3. The number of aromatic nitrogens is 2. The highest BCUT2D eigenvalue weighted by Crippen LogP contribution is 2.32. The number of nitrogens with zero attached hydrogens (tertiary/aromatic N) is 2. The largest absolute Gasteiger partial charge is 0.495 e. The zero-order chi connectivity index (χ0) is 15.4. The summed E-state index contributed by atoms with van der Waals surface area (Å²) in [5.74, 6) is 1.92. The monoisotopic (exact) mass is 306 g/mol. The Kier molecular flexibility index (Phi) is 4.85. The van der Waals surface area contributed by atoms with Crippen LogP contribution in [0.15, 0.2) is 24.4 Å². The summed E-state index contributed by atoms with van der Waals surface area (Å²) in [6.07, 6.45) is 1.70. The van der Waals surface area contributed by atoms with Crippen molar-refractivity contribution in [3.63, 3.8) is 0 Å². The molecule has 0 unspecified atom stereocenters. The molecule has 0 spiro atoms. The second-order valence-electron chi connectivity index (χ2n) is 4.99. The fraction of sp³-hybridized carbons (Fsp3) is 0.333. The smallest absolute Gasteiger partial charge is 0.229 e. The Balaban J connectivity index is 2.27. The minimum atomic E-state index is 0.306. The van der Waals surface area contributed by atoms with Gasteiger partial charge in [-0.2, -0.15) is 4.98 Å². The molecule has 5 nitrogen and oxygen atoms in total. The van der Waals surface area contributed by atoms with Gasteiger partial charge in [0.15, 0.2) is 0 Å². The van der Waals surface area contributed by atoms with Gasteiger partial charge < -0.3 is 15.4 Å². The number of nitrogens with one attached hydrogen (secondary N) is 2. The zero-order valence-electron chi connectivity index (χ0n) is 12.6. The molecule has 0 saturated carbocycles. The number of aryl methyl sites for hydroxylation is 1. The molecule has 0 saturated heterocycles. The van der Waals surface area contributed by atoms with Crippen molar-refractivity contribution in [1.29, 1.82) is 0 Å². The van der Waals surface area contributed by atoms with Crippen LogP contribution >= 0.6 is 11.6 Å². The van der Waals surface area contributed by atoms with Crippen molar-refractivity contribution in [2.24, 2.45) is 0 Å². The van der Waals surface area contributed by atoms with E-state index in [1.807, 2.05) is 19.1 Å². The maximum absolute atomic E-state index is 6.10. The molecule has 1 aromatic heterocycles. The van der Waals surface area contributed by atoms with Gasteiger partial charge in [0.05, 0.1) is 12.8 Å². The van der Waals surface area contributed by atoms with Gasteiger partial charge in [-0.25, -0.2) is 4.98 Å². The number of hydrogen-bond donors (Lipinski definition) is 2. The summed E-state index contributed by atoms with van der Waals surface area (Å²) >= 11 is 6.10. The minimum absolute atomic E-state index is 0.306. The second kappa shape index (κ2) is 6.63. The Morgan fingerprint density at radius 1 is 1.29 bits per heavy atom. The SMILES string of the molecule is COc1cc(Cl)c(C)cc1Nc1nccc(NC(C)C)n1. The first-order chi connectivity index (χ1) is 9.99. The van der Waals surface area contributed by atoms with Crippen LogP contribution in [0, 0.1) is 6.92 Å². The molecule has 112 valence electrons. The van der Waals surface area contributed by atoms with Gasteiger partial charge in [-0.15, -0.1) is 0 Å². The Morgan fingerprint density at radius 2 is 2.05 bits per heavy atom. The molecule has 0 atom stereocenters. The summed E-state index contributed by atoms with van der Waals surface area (Å²) in [5, 5.41) is 7.06. The molecule has 0 radical (unpaired) electrons. The molecule has 0 aliphatic carbocycles. The topological polar surface area (TPSA) is 59.1 Å². The predicted octanol–water partition coefficient (Wildman–Crippen LogP) is 4.01. The summed E-state index contributed by atoms with van der Waals surface area (Å²) in [5.41, 5.74) is 1.73. The number of rotatable bonds is 5. The molecule has 0 amide bonds. The average molecular weight is 307 g/mol. The summed E-state index contributed by atoms with van der Waals surface area (Å²) in [6.45, 7) is 6.05. The lowest BCUT2D eigenvalue weighted by Gasteiger charge is -2.13. The lowest BCUT2D eigenvalue weighted by molar-refractivity contribution is 0.416. The summed E-state index contributed by atoms with van der Waals surface area (Å²) in [7, 11) is 1.60. The van der Waals surface area contributed by atoms with Gasteiger partial charge in [0, 0.05) is 23.3 Å². The van der Waals surface area contributed by atoms with Crippen LogP contribution in [0.4, 0.5) is 17.5 Å². The molecule has 0 aliphatic rings. The first-order valence-corrected chi connectivity index (χ1v) is 7.08. The standard InChI is InChI=1S/C15H19ClN4O/c1-9(2)18-14-5-6-17-15(20-14)19-12-7-10(3)11(16)8-13(12)21-4/h5-9H,1-4H3,(H2,17,18,19,20). The van der Waals surface area contributed by atoms with Gasteiger partial charge in [-0.05, 0) is 38.5 Å². The summed E-state index contributed by atoms with van der Waals surface area (Å²) in [6, 6.07) is 5.82. The molecule has 6 heteroatoms. The maximum atomic E-state index is 6.10. The predicted molar refractivity (Wildman–Crippen MR) is 86.8 cm³/mol. The lowest BCUT2D eigenvalue weighted by Crippen LogP contribution is -2.11. The van der Waals surface area contributed by atoms with Crippen molar-refractivity contribution in [2.45, 2.75) is 26.8 Å². The fourth-order valence-corrected chi connectivity index (χ4v) is 2.00. The van der Waals surface area contributed by atoms with Crippen molar-refractivity contribution in [1.82, 2.24) is 9.97 Å². The molecular formula is C15H19ClN4O. The summed E-state index contributed by atoms with van der Waals surface area (Å²) < 4.78 is 5.33. The van der Waals surface area contributed by atoms with Crippen LogP contribution in [0.1, 0.15) is 19.4 Å². The van der Waals surface area contributed by atoms with Gasteiger partial charge in [0.25, 0.3) is 0 Å². The number of halogens is 1. The van der Waals surface area contributed by atoms with Crippen molar-refractivity contribution < 1.29 is 4.74 Å². The highest BCUT2D eigenvalue weighted by atomic mass is 35.5. The van der Waals surface area contributed by atoms with Crippen molar-refractivity contribution in [2.75, 3.05) is 17.7 Å². The minimum Gasteiger partial charge on any atom is -0.495 e. The Labute approximate surface area is 129 Å². The number of methoxy groups -OCH3 is 1. The van der Waals surface area contributed by atoms with Crippen molar-refractivity contribution in [3.8, 4) is 5.75 Å². The molecule has 2 N–H and O–H groups in total. The van der Waals surface area contributed by atoms with Gasteiger partial charge in [0.1, 0.15) is 11.6 Å². The van der Waals surface area contributed by atoms with Gasteiger partial charge in [0.2, 0.25) is 5.95 Å². The van der Waals surface area contributed by atoms with E-state index in [2.05, 4.69) is 34.4 Å². The van der Waals surface area contributed by atoms with Gasteiger partial charge in [-0.3, -0.25) is 0 Å². The van der Waals surface area contributed by atoms with Crippen LogP contribution in [-0.2, 0) is 0 Å². The third-order valence-electron chi connectivity index (χ3n) is 2.82. The first-order valence-electron chi connectivity index (χ1n) is 6.70. The third-order valence-corrected chi connectivity index (χ3v) is 3.23.